The van der Waals surface area contributed by atoms with Gasteiger partial charge in [0.2, 0.25) is 0 Å². The van der Waals surface area contributed by atoms with Gasteiger partial charge >= 0.3 is 0 Å². The molecule has 1 atom stereocenters. The summed E-state index contributed by atoms with van der Waals surface area (Å²) >= 11 is 3.62. The van der Waals surface area contributed by atoms with E-state index in [1.807, 2.05) is 6.07 Å². The predicted molar refractivity (Wildman–Crippen MR) is 89.6 cm³/mol. The first-order chi connectivity index (χ1) is 8.92. The van der Waals surface area contributed by atoms with Crippen molar-refractivity contribution >= 4 is 28.3 Å². The number of piperidine rings is 1. The van der Waals surface area contributed by atoms with Crippen molar-refractivity contribution in [3.8, 4) is 5.75 Å². The van der Waals surface area contributed by atoms with Crippen molar-refractivity contribution in [1.29, 1.82) is 0 Å². The maximum Gasteiger partial charge on any atom is 0.119 e. The van der Waals surface area contributed by atoms with Crippen LogP contribution >= 0.6 is 28.3 Å². The third-order valence-corrected chi connectivity index (χ3v) is 4.81. The molecule has 1 unspecified atom stereocenters. The Labute approximate surface area is 136 Å². The van der Waals surface area contributed by atoms with E-state index < -0.39 is 0 Å². The minimum atomic E-state index is 0. The Kier molecular flexibility index (Phi) is 6.32. The van der Waals surface area contributed by atoms with Gasteiger partial charge in [0.15, 0.2) is 0 Å². The topological polar surface area (TPSA) is 38.5 Å². The molecular weight excluding hydrogens is 340 g/mol. The van der Waals surface area contributed by atoms with Gasteiger partial charge in [-0.1, -0.05) is 29.8 Å². The van der Waals surface area contributed by atoms with Gasteiger partial charge in [-0.25, -0.2) is 0 Å². The molecule has 0 spiro atoms. The number of likely N-dealkylation sites (tertiary alicyclic amines) is 1. The Balaban J connectivity index is 0.00000200. The minimum Gasteiger partial charge on any atom is -0.497 e. The number of nitrogens with zero attached hydrogens (tertiary/aromatic N) is 1. The third-order valence-electron chi connectivity index (χ3n) is 4.04. The van der Waals surface area contributed by atoms with E-state index in [0.717, 1.165) is 36.3 Å². The summed E-state index contributed by atoms with van der Waals surface area (Å²) in [6.45, 7) is 7.55. The van der Waals surface area contributed by atoms with Gasteiger partial charge in [-0.3, -0.25) is 4.90 Å². The summed E-state index contributed by atoms with van der Waals surface area (Å²) in [6, 6.07) is 6.43. The summed E-state index contributed by atoms with van der Waals surface area (Å²) in [5.74, 6) is 0.908. The fraction of sp³-hybridized carbons (Fsp3) is 0.600. The summed E-state index contributed by atoms with van der Waals surface area (Å²) in [6.07, 6.45) is 1.06. The van der Waals surface area contributed by atoms with E-state index in [1.54, 1.807) is 7.11 Å². The molecule has 3 nitrogen and oxygen atoms in total. The fourth-order valence-corrected chi connectivity index (χ4v) is 3.03. The van der Waals surface area contributed by atoms with Crippen molar-refractivity contribution in [1.82, 2.24) is 4.90 Å². The molecule has 1 aliphatic rings. The Morgan fingerprint density at radius 2 is 2.15 bits per heavy atom. The number of ether oxygens (including phenoxy) is 1. The maximum absolute atomic E-state index is 6.19. The SMILES string of the molecule is COc1ccc(Br)c(CN2CCC(N)C(C)(C)C2)c1.Cl. The number of methoxy groups -OCH3 is 1. The van der Waals surface area contributed by atoms with Crippen LogP contribution in [0.3, 0.4) is 0 Å². The van der Waals surface area contributed by atoms with Gasteiger partial charge in [-0.05, 0) is 35.6 Å². The Hall–Kier alpha value is -0.290. The zero-order valence-electron chi connectivity index (χ0n) is 12.4. The Morgan fingerprint density at radius 1 is 1.45 bits per heavy atom. The summed E-state index contributed by atoms with van der Waals surface area (Å²) < 4.78 is 6.44. The first kappa shape index (κ1) is 17.8. The molecule has 20 heavy (non-hydrogen) atoms. The molecule has 1 aromatic rings. The molecule has 0 saturated carbocycles. The highest BCUT2D eigenvalue weighted by Crippen LogP contribution is 2.30. The van der Waals surface area contributed by atoms with Crippen LogP contribution in [0.2, 0.25) is 0 Å². The van der Waals surface area contributed by atoms with E-state index in [1.165, 1.54) is 5.56 Å². The molecule has 0 amide bonds. The van der Waals surface area contributed by atoms with E-state index in [-0.39, 0.29) is 17.8 Å². The van der Waals surface area contributed by atoms with Crippen LogP contribution in [0.15, 0.2) is 22.7 Å². The standard InChI is InChI=1S/C15H23BrN2O.ClH/c1-15(2)10-18(7-6-14(15)17)9-11-8-12(19-3)4-5-13(11)16;/h4-5,8,14H,6-7,9-10,17H2,1-3H3;1H. The summed E-state index contributed by atoms with van der Waals surface area (Å²) in [5, 5.41) is 0. The average molecular weight is 364 g/mol. The lowest BCUT2D eigenvalue weighted by Crippen LogP contribution is -2.52. The van der Waals surface area contributed by atoms with Gasteiger partial charge in [0.25, 0.3) is 0 Å². The zero-order chi connectivity index (χ0) is 14.0. The predicted octanol–water partition coefficient (Wildman–Crippen LogP) is 3.44. The number of benzene rings is 1. The van der Waals surface area contributed by atoms with Crippen molar-refractivity contribution in [2.75, 3.05) is 20.2 Å². The van der Waals surface area contributed by atoms with Gasteiger partial charge in [-0.2, -0.15) is 0 Å². The van der Waals surface area contributed by atoms with Crippen LogP contribution < -0.4 is 10.5 Å². The van der Waals surface area contributed by atoms with Crippen molar-refractivity contribution in [3.05, 3.63) is 28.2 Å². The van der Waals surface area contributed by atoms with E-state index in [2.05, 4.69) is 46.8 Å². The lowest BCUT2D eigenvalue weighted by atomic mass is 9.79. The number of nitrogens with two attached hydrogens (primary N) is 1. The molecular formula is C15H24BrClN2O. The Bertz CT molecular complexity index is 453. The Morgan fingerprint density at radius 3 is 2.75 bits per heavy atom. The molecule has 2 N–H and O–H groups in total. The van der Waals surface area contributed by atoms with Gasteiger partial charge in [0.05, 0.1) is 7.11 Å². The highest BCUT2D eigenvalue weighted by molar-refractivity contribution is 9.10. The van der Waals surface area contributed by atoms with Crippen LogP contribution in [0, 0.1) is 5.41 Å². The number of halogens is 2. The lowest BCUT2D eigenvalue weighted by Gasteiger charge is -2.42. The van der Waals surface area contributed by atoms with Gasteiger partial charge in [-0.15, -0.1) is 12.4 Å². The maximum atomic E-state index is 6.19. The summed E-state index contributed by atoms with van der Waals surface area (Å²) in [7, 11) is 1.70. The van der Waals surface area contributed by atoms with Crippen molar-refractivity contribution in [2.24, 2.45) is 11.1 Å². The highest BCUT2D eigenvalue weighted by Gasteiger charge is 2.33. The molecule has 1 aliphatic heterocycles. The zero-order valence-corrected chi connectivity index (χ0v) is 14.8. The van der Waals surface area contributed by atoms with E-state index in [0.29, 0.717) is 6.04 Å². The largest absolute Gasteiger partial charge is 0.497 e. The van der Waals surface area contributed by atoms with Gasteiger partial charge < -0.3 is 10.5 Å². The third kappa shape index (κ3) is 4.10. The van der Waals surface area contributed by atoms with Crippen LogP contribution in [-0.4, -0.2) is 31.1 Å². The number of hydrogen-bond donors (Lipinski definition) is 1. The highest BCUT2D eigenvalue weighted by atomic mass is 79.9. The van der Waals surface area contributed by atoms with Crippen LogP contribution in [0.5, 0.6) is 5.75 Å². The molecule has 1 fully saturated rings. The van der Waals surface area contributed by atoms with Crippen LogP contribution in [-0.2, 0) is 6.54 Å². The second-order valence-electron chi connectivity index (χ2n) is 6.05. The molecule has 1 heterocycles. The van der Waals surface area contributed by atoms with Crippen molar-refractivity contribution in [2.45, 2.75) is 32.9 Å². The van der Waals surface area contributed by atoms with Gasteiger partial charge in [0, 0.05) is 30.1 Å². The lowest BCUT2D eigenvalue weighted by molar-refractivity contribution is 0.0897. The molecule has 0 aliphatic carbocycles. The van der Waals surface area contributed by atoms with Gasteiger partial charge in [0.1, 0.15) is 5.75 Å². The van der Waals surface area contributed by atoms with E-state index >= 15 is 0 Å². The summed E-state index contributed by atoms with van der Waals surface area (Å²) in [5.41, 5.74) is 7.64. The molecule has 0 bridgehead atoms. The minimum absolute atomic E-state index is 0. The van der Waals surface area contributed by atoms with Crippen molar-refractivity contribution in [3.63, 3.8) is 0 Å². The molecule has 2 rings (SSSR count). The van der Waals surface area contributed by atoms with Crippen LogP contribution in [0.25, 0.3) is 0 Å². The number of hydrogen-bond acceptors (Lipinski definition) is 3. The normalized spacial score (nSPS) is 22.1. The summed E-state index contributed by atoms with van der Waals surface area (Å²) in [4.78, 5) is 2.48. The molecule has 0 radical (unpaired) electrons. The quantitative estimate of drug-likeness (QED) is 0.894. The molecule has 114 valence electrons. The first-order valence-corrected chi connectivity index (χ1v) is 7.52. The number of rotatable bonds is 3. The van der Waals surface area contributed by atoms with Crippen LogP contribution in [0.4, 0.5) is 0 Å². The van der Waals surface area contributed by atoms with Crippen molar-refractivity contribution < 1.29 is 4.74 Å². The second kappa shape index (κ2) is 7.12. The molecule has 1 aromatic carbocycles. The smallest absolute Gasteiger partial charge is 0.119 e. The average Bonchev–Trinajstić information content (AvgIpc) is 2.36. The fourth-order valence-electron chi connectivity index (χ4n) is 2.66. The molecule has 0 aromatic heterocycles. The van der Waals surface area contributed by atoms with E-state index in [9.17, 15) is 0 Å². The second-order valence-corrected chi connectivity index (χ2v) is 6.91. The van der Waals surface area contributed by atoms with E-state index in [4.69, 9.17) is 10.5 Å². The first-order valence-electron chi connectivity index (χ1n) is 6.73. The monoisotopic (exact) mass is 362 g/mol. The molecule has 5 heteroatoms. The molecule has 1 saturated heterocycles. The van der Waals surface area contributed by atoms with Crippen LogP contribution in [0.1, 0.15) is 25.8 Å².